The molecule has 2 aromatic rings. The van der Waals surface area contributed by atoms with E-state index in [1.165, 1.54) is 16.4 Å². The van der Waals surface area contributed by atoms with Gasteiger partial charge in [0.2, 0.25) is 15.9 Å². The molecule has 29 heavy (non-hydrogen) atoms. The minimum atomic E-state index is -3.83. The number of amides is 1. The molecule has 3 rings (SSSR count). The van der Waals surface area contributed by atoms with Gasteiger partial charge in [0, 0.05) is 19.0 Å². The molecule has 1 saturated heterocycles. The van der Waals surface area contributed by atoms with Crippen molar-refractivity contribution in [1.82, 2.24) is 4.31 Å². The fourth-order valence-electron chi connectivity index (χ4n) is 3.30. The van der Waals surface area contributed by atoms with E-state index in [4.69, 9.17) is 27.9 Å². The van der Waals surface area contributed by atoms with Gasteiger partial charge >= 0.3 is 0 Å². The summed E-state index contributed by atoms with van der Waals surface area (Å²) in [6, 6.07) is 11.8. The molecule has 0 spiro atoms. The molecular weight excluding hydrogens is 435 g/mol. The number of ether oxygens (including phenoxy) is 1. The number of hydrogen-bond acceptors (Lipinski definition) is 4. The van der Waals surface area contributed by atoms with Crippen LogP contribution in [-0.2, 0) is 14.8 Å². The van der Waals surface area contributed by atoms with E-state index in [0.717, 1.165) is 0 Å². The zero-order valence-corrected chi connectivity index (χ0v) is 18.2. The highest BCUT2D eigenvalue weighted by Crippen LogP contribution is 2.34. The molecule has 1 aliphatic heterocycles. The van der Waals surface area contributed by atoms with Crippen molar-refractivity contribution >= 4 is 44.8 Å². The van der Waals surface area contributed by atoms with Crippen LogP contribution >= 0.6 is 23.2 Å². The van der Waals surface area contributed by atoms with E-state index in [-0.39, 0.29) is 39.9 Å². The van der Waals surface area contributed by atoms with Crippen molar-refractivity contribution in [3.8, 4) is 5.75 Å². The molecule has 1 aliphatic rings. The lowest BCUT2D eigenvalue weighted by Crippen LogP contribution is -2.41. The zero-order valence-electron chi connectivity index (χ0n) is 15.9. The molecule has 1 N–H and O–H groups in total. The van der Waals surface area contributed by atoms with Gasteiger partial charge in [0.25, 0.3) is 0 Å². The van der Waals surface area contributed by atoms with Crippen LogP contribution in [0.25, 0.3) is 0 Å². The standard InChI is InChI=1S/C20H22Cl2N2O4S/c1-2-28-18-9-4-3-8-17(18)23-20(25)14-10-12-24(13-11-14)29(26,27)19-15(21)6-5-7-16(19)22/h3-9,14H,2,10-13H2,1H3,(H,23,25). The fraction of sp³-hybridized carbons (Fsp3) is 0.350. The summed E-state index contributed by atoms with van der Waals surface area (Å²) in [5.74, 6) is 0.166. The highest BCUT2D eigenvalue weighted by atomic mass is 35.5. The Labute approximate surface area is 180 Å². The second kappa shape index (κ2) is 9.34. The number of nitrogens with one attached hydrogen (secondary N) is 1. The molecule has 6 nitrogen and oxygen atoms in total. The van der Waals surface area contributed by atoms with Crippen molar-refractivity contribution in [2.45, 2.75) is 24.7 Å². The molecular formula is C20H22Cl2N2O4S. The Balaban J connectivity index is 1.67. The lowest BCUT2D eigenvalue weighted by Gasteiger charge is -2.31. The molecule has 0 aliphatic carbocycles. The first-order chi connectivity index (χ1) is 13.8. The Morgan fingerprint density at radius 1 is 1.10 bits per heavy atom. The minimum Gasteiger partial charge on any atom is -0.492 e. The first kappa shape index (κ1) is 21.9. The third-order valence-electron chi connectivity index (χ3n) is 4.79. The van der Waals surface area contributed by atoms with Crippen LogP contribution in [0.5, 0.6) is 5.75 Å². The summed E-state index contributed by atoms with van der Waals surface area (Å²) in [5.41, 5.74) is 0.609. The molecule has 1 heterocycles. The number of piperidine rings is 1. The largest absolute Gasteiger partial charge is 0.492 e. The van der Waals surface area contributed by atoms with Crippen LogP contribution in [0.4, 0.5) is 5.69 Å². The first-order valence-electron chi connectivity index (χ1n) is 9.31. The SMILES string of the molecule is CCOc1ccccc1NC(=O)C1CCN(S(=O)(=O)c2c(Cl)cccc2Cl)CC1. The predicted octanol–water partition coefficient (Wildman–Crippen LogP) is 4.43. The number of sulfonamides is 1. The van der Waals surface area contributed by atoms with Crippen LogP contribution in [0.15, 0.2) is 47.4 Å². The Bertz CT molecular complexity index is 969. The average molecular weight is 457 g/mol. The number of para-hydroxylation sites is 2. The van der Waals surface area contributed by atoms with Gasteiger partial charge in [-0.05, 0) is 44.0 Å². The fourth-order valence-corrected chi connectivity index (χ4v) is 5.86. The Kier molecular flexibility index (Phi) is 7.05. The molecule has 0 radical (unpaired) electrons. The molecule has 0 saturated carbocycles. The van der Waals surface area contributed by atoms with Crippen molar-refractivity contribution < 1.29 is 17.9 Å². The Morgan fingerprint density at radius 2 is 1.72 bits per heavy atom. The lowest BCUT2D eigenvalue weighted by molar-refractivity contribution is -0.120. The maximum Gasteiger partial charge on any atom is 0.246 e. The number of benzene rings is 2. The maximum absolute atomic E-state index is 13.0. The van der Waals surface area contributed by atoms with E-state index in [9.17, 15) is 13.2 Å². The number of hydrogen-bond donors (Lipinski definition) is 1. The normalized spacial score (nSPS) is 15.8. The van der Waals surface area contributed by atoms with Crippen molar-refractivity contribution in [1.29, 1.82) is 0 Å². The molecule has 9 heteroatoms. The van der Waals surface area contributed by atoms with Crippen molar-refractivity contribution in [3.63, 3.8) is 0 Å². The summed E-state index contributed by atoms with van der Waals surface area (Å²) < 4.78 is 32.8. The smallest absolute Gasteiger partial charge is 0.246 e. The van der Waals surface area contributed by atoms with Gasteiger partial charge < -0.3 is 10.1 Å². The summed E-state index contributed by atoms with van der Waals surface area (Å²) in [6.07, 6.45) is 0.813. The molecule has 1 fully saturated rings. The predicted molar refractivity (Wildman–Crippen MR) is 114 cm³/mol. The number of rotatable bonds is 6. The highest BCUT2D eigenvalue weighted by Gasteiger charge is 2.34. The van der Waals surface area contributed by atoms with Crippen LogP contribution in [0.3, 0.4) is 0 Å². The Hall–Kier alpha value is -1.80. The van der Waals surface area contributed by atoms with Gasteiger partial charge in [-0.3, -0.25) is 4.79 Å². The molecule has 1 amide bonds. The second-order valence-corrected chi connectivity index (χ2v) is 9.34. The molecule has 0 unspecified atom stereocenters. The second-order valence-electron chi connectivity index (χ2n) is 6.65. The average Bonchev–Trinajstić information content (AvgIpc) is 2.69. The van der Waals surface area contributed by atoms with Crippen molar-refractivity contribution in [3.05, 3.63) is 52.5 Å². The van der Waals surface area contributed by atoms with Crippen LogP contribution in [0, 0.1) is 5.92 Å². The molecule has 0 atom stereocenters. The number of carbonyl (C=O) groups is 1. The molecule has 156 valence electrons. The Morgan fingerprint density at radius 3 is 2.34 bits per heavy atom. The van der Waals surface area contributed by atoms with E-state index in [2.05, 4.69) is 5.32 Å². The van der Waals surface area contributed by atoms with E-state index >= 15 is 0 Å². The summed E-state index contributed by atoms with van der Waals surface area (Å²) in [4.78, 5) is 12.6. The maximum atomic E-state index is 13.0. The topological polar surface area (TPSA) is 75.7 Å². The van der Waals surface area contributed by atoms with Crippen LogP contribution < -0.4 is 10.1 Å². The summed E-state index contributed by atoms with van der Waals surface area (Å²) in [7, 11) is -3.83. The van der Waals surface area contributed by atoms with Gasteiger partial charge in [-0.15, -0.1) is 0 Å². The summed E-state index contributed by atoms with van der Waals surface area (Å²) in [5, 5.41) is 3.07. The zero-order chi connectivity index (χ0) is 21.0. The van der Waals surface area contributed by atoms with Crippen LogP contribution in [-0.4, -0.2) is 38.3 Å². The van der Waals surface area contributed by atoms with E-state index in [0.29, 0.717) is 30.9 Å². The number of anilines is 1. The van der Waals surface area contributed by atoms with E-state index in [1.54, 1.807) is 18.2 Å². The van der Waals surface area contributed by atoms with Gasteiger partial charge in [-0.2, -0.15) is 4.31 Å². The third-order valence-corrected chi connectivity index (χ3v) is 7.64. The molecule has 2 aromatic carbocycles. The van der Waals surface area contributed by atoms with E-state index in [1.807, 2.05) is 19.1 Å². The van der Waals surface area contributed by atoms with Gasteiger partial charge in [0.1, 0.15) is 10.6 Å². The molecule has 0 bridgehead atoms. The molecule has 0 aromatic heterocycles. The highest BCUT2D eigenvalue weighted by molar-refractivity contribution is 7.89. The van der Waals surface area contributed by atoms with Gasteiger partial charge in [-0.25, -0.2) is 8.42 Å². The number of nitrogens with zero attached hydrogens (tertiary/aromatic N) is 1. The third kappa shape index (κ3) is 4.86. The van der Waals surface area contributed by atoms with E-state index < -0.39 is 10.0 Å². The lowest BCUT2D eigenvalue weighted by atomic mass is 9.97. The van der Waals surface area contributed by atoms with Crippen molar-refractivity contribution in [2.24, 2.45) is 5.92 Å². The van der Waals surface area contributed by atoms with Gasteiger partial charge in [-0.1, -0.05) is 41.4 Å². The van der Waals surface area contributed by atoms with Crippen LogP contribution in [0.2, 0.25) is 10.0 Å². The summed E-state index contributed by atoms with van der Waals surface area (Å²) in [6.45, 7) is 2.80. The quantitative estimate of drug-likeness (QED) is 0.697. The first-order valence-corrected chi connectivity index (χ1v) is 11.5. The summed E-state index contributed by atoms with van der Waals surface area (Å²) >= 11 is 12.2. The van der Waals surface area contributed by atoms with Gasteiger partial charge in [0.15, 0.2) is 0 Å². The number of halogens is 2. The number of carbonyl (C=O) groups excluding carboxylic acids is 1. The monoisotopic (exact) mass is 456 g/mol. The van der Waals surface area contributed by atoms with Gasteiger partial charge in [0.05, 0.1) is 22.3 Å². The van der Waals surface area contributed by atoms with Crippen LogP contribution in [0.1, 0.15) is 19.8 Å². The van der Waals surface area contributed by atoms with Crippen molar-refractivity contribution in [2.75, 3.05) is 25.0 Å². The minimum absolute atomic E-state index is 0.0862.